The SMILES string of the molecule is C=C1Cc2oc(=O)cc(CCCC3(c4ccccc4)CC3)c2C(=O)N1. The average molecular weight is 335 g/mol. The van der Waals surface area contributed by atoms with Crippen molar-refractivity contribution in [1.29, 1.82) is 0 Å². The van der Waals surface area contributed by atoms with Crippen molar-refractivity contribution in [2.75, 3.05) is 0 Å². The summed E-state index contributed by atoms with van der Waals surface area (Å²) >= 11 is 0. The van der Waals surface area contributed by atoms with Crippen molar-refractivity contribution in [2.45, 2.75) is 43.9 Å². The predicted molar refractivity (Wildman–Crippen MR) is 95.6 cm³/mol. The molecule has 1 amide bonds. The molecule has 25 heavy (non-hydrogen) atoms. The summed E-state index contributed by atoms with van der Waals surface area (Å²) in [5.41, 5.74) is 3.19. The minimum atomic E-state index is -0.388. The summed E-state index contributed by atoms with van der Waals surface area (Å²) in [5.74, 6) is 0.231. The van der Waals surface area contributed by atoms with Crippen LogP contribution >= 0.6 is 0 Å². The first-order valence-electron chi connectivity index (χ1n) is 8.78. The van der Waals surface area contributed by atoms with Crippen molar-refractivity contribution in [3.63, 3.8) is 0 Å². The Labute approximate surface area is 146 Å². The van der Waals surface area contributed by atoms with E-state index in [4.69, 9.17) is 4.42 Å². The topological polar surface area (TPSA) is 59.3 Å². The molecule has 128 valence electrons. The van der Waals surface area contributed by atoms with Gasteiger partial charge in [0.2, 0.25) is 0 Å². The first-order chi connectivity index (χ1) is 12.1. The first-order valence-corrected chi connectivity index (χ1v) is 8.78. The highest BCUT2D eigenvalue weighted by atomic mass is 16.4. The number of benzene rings is 1. The summed E-state index contributed by atoms with van der Waals surface area (Å²) in [6.45, 7) is 3.77. The van der Waals surface area contributed by atoms with Crippen molar-refractivity contribution in [1.82, 2.24) is 5.32 Å². The van der Waals surface area contributed by atoms with Gasteiger partial charge in [-0.25, -0.2) is 4.79 Å². The van der Waals surface area contributed by atoms with Crippen LogP contribution in [0, 0.1) is 0 Å². The lowest BCUT2D eigenvalue weighted by molar-refractivity contribution is 0.0952. The normalized spacial score (nSPS) is 17.8. The first kappa shape index (κ1) is 15.9. The lowest BCUT2D eigenvalue weighted by Crippen LogP contribution is -2.32. The zero-order valence-corrected chi connectivity index (χ0v) is 14.1. The van der Waals surface area contributed by atoms with Crippen LogP contribution in [0.1, 0.15) is 52.9 Å². The van der Waals surface area contributed by atoms with Gasteiger partial charge in [-0.1, -0.05) is 36.9 Å². The maximum atomic E-state index is 12.3. The van der Waals surface area contributed by atoms with E-state index >= 15 is 0 Å². The van der Waals surface area contributed by atoms with Crippen molar-refractivity contribution < 1.29 is 9.21 Å². The average Bonchev–Trinajstić information content (AvgIpc) is 3.35. The molecule has 1 saturated carbocycles. The molecular formula is C21H21NO3. The van der Waals surface area contributed by atoms with Gasteiger partial charge in [0.05, 0.1) is 5.56 Å². The third-order valence-electron chi connectivity index (χ3n) is 5.35. The summed E-state index contributed by atoms with van der Waals surface area (Å²) in [6, 6.07) is 12.1. The van der Waals surface area contributed by atoms with Crippen molar-refractivity contribution in [3.8, 4) is 0 Å². The summed E-state index contributed by atoms with van der Waals surface area (Å²) < 4.78 is 5.23. The summed E-state index contributed by atoms with van der Waals surface area (Å²) in [4.78, 5) is 24.1. The van der Waals surface area contributed by atoms with Crippen LogP contribution in [0.15, 0.2) is 57.9 Å². The molecule has 1 aromatic carbocycles. The molecule has 0 bridgehead atoms. The molecule has 1 aromatic heterocycles. The van der Waals surface area contributed by atoms with E-state index in [1.54, 1.807) is 0 Å². The molecule has 1 aliphatic heterocycles. The number of fused-ring (bicyclic) bond motifs is 1. The molecule has 4 heteroatoms. The maximum Gasteiger partial charge on any atom is 0.336 e. The van der Waals surface area contributed by atoms with Crippen LogP contribution in [0.3, 0.4) is 0 Å². The predicted octanol–water partition coefficient (Wildman–Crippen LogP) is 3.49. The largest absolute Gasteiger partial charge is 0.427 e. The lowest BCUT2D eigenvalue weighted by Gasteiger charge is -2.20. The van der Waals surface area contributed by atoms with Gasteiger partial charge in [-0.15, -0.1) is 0 Å². The monoisotopic (exact) mass is 335 g/mol. The summed E-state index contributed by atoms with van der Waals surface area (Å²) in [6.07, 6.45) is 5.54. The fourth-order valence-corrected chi connectivity index (χ4v) is 3.89. The van der Waals surface area contributed by atoms with Gasteiger partial charge in [0, 0.05) is 18.2 Å². The number of carbonyl (C=O) groups excluding carboxylic acids is 1. The van der Waals surface area contributed by atoms with Crippen molar-refractivity contribution in [3.05, 3.63) is 81.5 Å². The molecule has 4 rings (SSSR count). The molecule has 0 spiro atoms. The van der Waals surface area contributed by atoms with Crippen LogP contribution in [0.4, 0.5) is 0 Å². The van der Waals surface area contributed by atoms with Gasteiger partial charge >= 0.3 is 5.63 Å². The molecule has 0 atom stereocenters. The molecule has 0 unspecified atom stereocenters. The molecule has 0 saturated heterocycles. The standard InChI is InChI=1S/C21H21NO3/c1-14-12-17-19(20(24)22-14)15(13-18(23)25-17)6-5-9-21(10-11-21)16-7-3-2-4-8-16/h2-4,7-8,13H,1,5-6,9-12H2,(H,22,24). The van der Waals surface area contributed by atoms with Crippen LogP contribution in [0.5, 0.6) is 0 Å². The second-order valence-corrected chi connectivity index (χ2v) is 7.12. The molecule has 4 nitrogen and oxygen atoms in total. The van der Waals surface area contributed by atoms with Gasteiger partial charge in [0.1, 0.15) is 5.76 Å². The van der Waals surface area contributed by atoms with Crippen molar-refractivity contribution in [2.24, 2.45) is 0 Å². The number of amides is 1. The smallest absolute Gasteiger partial charge is 0.336 e. The van der Waals surface area contributed by atoms with E-state index in [1.807, 2.05) is 6.07 Å². The fourth-order valence-electron chi connectivity index (χ4n) is 3.89. The zero-order valence-electron chi connectivity index (χ0n) is 14.1. The third kappa shape index (κ3) is 3.04. The molecular weight excluding hydrogens is 314 g/mol. The Kier molecular flexibility index (Phi) is 3.83. The second-order valence-electron chi connectivity index (χ2n) is 7.12. The van der Waals surface area contributed by atoms with Crippen molar-refractivity contribution >= 4 is 5.91 Å². The lowest BCUT2D eigenvalue weighted by atomic mass is 9.88. The van der Waals surface area contributed by atoms with E-state index in [0.29, 0.717) is 29.9 Å². The number of allylic oxidation sites excluding steroid dienone is 1. The highest BCUT2D eigenvalue weighted by Gasteiger charge is 2.43. The van der Waals surface area contributed by atoms with E-state index in [1.165, 1.54) is 24.5 Å². The van der Waals surface area contributed by atoms with E-state index in [-0.39, 0.29) is 16.9 Å². The quantitative estimate of drug-likeness (QED) is 0.910. The van der Waals surface area contributed by atoms with E-state index in [0.717, 1.165) is 18.4 Å². The van der Waals surface area contributed by atoms with E-state index < -0.39 is 0 Å². The van der Waals surface area contributed by atoms with Crippen LogP contribution in [0.25, 0.3) is 0 Å². The van der Waals surface area contributed by atoms with E-state index in [9.17, 15) is 9.59 Å². The Hall–Kier alpha value is -2.62. The highest BCUT2D eigenvalue weighted by molar-refractivity contribution is 5.98. The molecule has 2 heterocycles. The highest BCUT2D eigenvalue weighted by Crippen LogP contribution is 2.51. The number of rotatable bonds is 5. The van der Waals surface area contributed by atoms with Gasteiger partial charge < -0.3 is 9.73 Å². The molecule has 0 radical (unpaired) electrons. The van der Waals surface area contributed by atoms with Gasteiger partial charge in [0.25, 0.3) is 5.91 Å². The Balaban J connectivity index is 1.52. The van der Waals surface area contributed by atoms with Gasteiger partial charge in [-0.2, -0.15) is 0 Å². The summed E-state index contributed by atoms with van der Waals surface area (Å²) in [5, 5.41) is 2.74. The third-order valence-corrected chi connectivity index (χ3v) is 5.35. The number of hydrogen-bond donors (Lipinski definition) is 1. The molecule has 1 aliphatic carbocycles. The summed E-state index contributed by atoms with van der Waals surface area (Å²) in [7, 11) is 0. The molecule has 1 N–H and O–H groups in total. The van der Waals surface area contributed by atoms with Crippen LogP contribution in [-0.4, -0.2) is 5.91 Å². The van der Waals surface area contributed by atoms with Gasteiger partial charge in [0.15, 0.2) is 0 Å². The minimum Gasteiger partial charge on any atom is -0.427 e. The molecule has 2 aromatic rings. The number of hydrogen-bond acceptors (Lipinski definition) is 3. The number of aryl methyl sites for hydroxylation is 1. The van der Waals surface area contributed by atoms with Crippen LogP contribution in [0.2, 0.25) is 0 Å². The molecule has 1 fully saturated rings. The zero-order chi connectivity index (χ0) is 17.4. The number of nitrogens with one attached hydrogen (secondary N) is 1. The van der Waals surface area contributed by atoms with E-state index in [2.05, 4.69) is 36.2 Å². The Morgan fingerprint density at radius 3 is 2.64 bits per heavy atom. The van der Waals surface area contributed by atoms with Crippen LogP contribution in [-0.2, 0) is 18.3 Å². The Morgan fingerprint density at radius 2 is 1.92 bits per heavy atom. The van der Waals surface area contributed by atoms with Gasteiger partial charge in [-0.05, 0) is 48.6 Å². The minimum absolute atomic E-state index is 0.214. The van der Waals surface area contributed by atoms with Crippen LogP contribution < -0.4 is 10.9 Å². The fraction of sp³-hybridized carbons (Fsp3) is 0.333. The second kappa shape index (κ2) is 6.03. The Morgan fingerprint density at radius 1 is 1.16 bits per heavy atom. The number of carbonyl (C=O) groups is 1. The molecule has 2 aliphatic rings. The van der Waals surface area contributed by atoms with Gasteiger partial charge in [-0.3, -0.25) is 4.79 Å². The Bertz CT molecular complexity index is 891. The maximum absolute atomic E-state index is 12.3.